The first kappa shape index (κ1) is 10.7. The van der Waals surface area contributed by atoms with Crippen LogP contribution in [-0.2, 0) is 0 Å². The van der Waals surface area contributed by atoms with Crippen LogP contribution in [0.2, 0.25) is 0 Å². The predicted octanol–water partition coefficient (Wildman–Crippen LogP) is 1.47. The van der Waals surface area contributed by atoms with Crippen molar-refractivity contribution in [2.24, 2.45) is 0 Å². The average molecular weight is 206 g/mol. The number of aromatic carboxylic acids is 1. The van der Waals surface area contributed by atoms with Gasteiger partial charge >= 0.3 is 5.97 Å². The second kappa shape index (κ2) is 3.75. The minimum Gasteiger partial charge on any atom is -0.478 e. The van der Waals surface area contributed by atoms with Crippen molar-refractivity contribution in [3.63, 3.8) is 0 Å². The molecule has 0 saturated carbocycles. The molecule has 0 unspecified atom stereocenters. The average Bonchev–Trinajstić information content (AvgIpc) is 2.17. The molecule has 0 bridgehead atoms. The smallest absolute Gasteiger partial charge is 0.335 e. The lowest BCUT2D eigenvalue weighted by Gasteiger charge is -2.01. The second-order valence-corrected chi connectivity index (χ2v) is 2.84. The SMILES string of the molecule is Cc1c(C#N)cc(C(=O)O)cc1[N+](=O)[O-]. The van der Waals surface area contributed by atoms with Gasteiger partial charge in [0, 0.05) is 11.6 Å². The third kappa shape index (κ3) is 1.91. The summed E-state index contributed by atoms with van der Waals surface area (Å²) in [5.74, 6) is -1.30. The normalized spacial score (nSPS) is 9.33. The molecule has 0 amide bonds. The summed E-state index contributed by atoms with van der Waals surface area (Å²) >= 11 is 0. The number of nitro groups is 1. The van der Waals surface area contributed by atoms with Crippen LogP contribution >= 0.6 is 0 Å². The summed E-state index contributed by atoms with van der Waals surface area (Å²) in [6.07, 6.45) is 0. The van der Waals surface area contributed by atoms with E-state index in [-0.39, 0.29) is 22.4 Å². The van der Waals surface area contributed by atoms with Crippen molar-refractivity contribution in [3.8, 4) is 6.07 Å². The van der Waals surface area contributed by atoms with E-state index in [1.54, 1.807) is 6.07 Å². The maximum absolute atomic E-state index is 10.6. The number of benzene rings is 1. The van der Waals surface area contributed by atoms with Gasteiger partial charge in [0.25, 0.3) is 5.69 Å². The Morgan fingerprint density at radius 1 is 1.60 bits per heavy atom. The third-order valence-corrected chi connectivity index (χ3v) is 1.94. The summed E-state index contributed by atoms with van der Waals surface area (Å²) in [7, 11) is 0. The highest BCUT2D eigenvalue weighted by atomic mass is 16.6. The molecule has 6 heteroatoms. The molecule has 0 spiro atoms. The molecule has 6 nitrogen and oxygen atoms in total. The van der Waals surface area contributed by atoms with Crippen molar-refractivity contribution in [2.75, 3.05) is 0 Å². The van der Waals surface area contributed by atoms with E-state index < -0.39 is 10.9 Å². The fourth-order valence-corrected chi connectivity index (χ4v) is 1.13. The molecule has 1 aromatic carbocycles. The number of carboxylic acid groups (broad SMARTS) is 1. The molecule has 0 aliphatic carbocycles. The van der Waals surface area contributed by atoms with Crippen LogP contribution in [0.1, 0.15) is 21.5 Å². The van der Waals surface area contributed by atoms with Crippen molar-refractivity contribution in [1.29, 1.82) is 5.26 Å². The Kier molecular flexibility index (Phi) is 2.67. The zero-order chi connectivity index (χ0) is 11.6. The van der Waals surface area contributed by atoms with Gasteiger partial charge in [0.15, 0.2) is 0 Å². The third-order valence-electron chi connectivity index (χ3n) is 1.94. The number of nitro benzene ring substituents is 1. The van der Waals surface area contributed by atoms with Crippen molar-refractivity contribution < 1.29 is 14.8 Å². The van der Waals surface area contributed by atoms with Gasteiger partial charge in [-0.3, -0.25) is 10.1 Å². The lowest BCUT2D eigenvalue weighted by Crippen LogP contribution is -2.02. The van der Waals surface area contributed by atoms with Crippen LogP contribution in [-0.4, -0.2) is 16.0 Å². The van der Waals surface area contributed by atoms with E-state index >= 15 is 0 Å². The van der Waals surface area contributed by atoms with Crippen molar-refractivity contribution >= 4 is 11.7 Å². The number of rotatable bonds is 2. The fourth-order valence-electron chi connectivity index (χ4n) is 1.13. The van der Waals surface area contributed by atoms with Gasteiger partial charge in [-0.25, -0.2) is 4.79 Å². The van der Waals surface area contributed by atoms with E-state index in [0.29, 0.717) is 0 Å². The van der Waals surface area contributed by atoms with Gasteiger partial charge in [-0.05, 0) is 13.0 Å². The molecule has 1 aromatic rings. The first-order valence-electron chi connectivity index (χ1n) is 3.89. The summed E-state index contributed by atoms with van der Waals surface area (Å²) in [4.78, 5) is 20.5. The summed E-state index contributed by atoms with van der Waals surface area (Å²) in [6, 6.07) is 3.78. The summed E-state index contributed by atoms with van der Waals surface area (Å²) in [5.41, 5.74) is -0.440. The Bertz CT molecular complexity index is 488. The number of hydrogen-bond donors (Lipinski definition) is 1. The van der Waals surface area contributed by atoms with Gasteiger partial charge in [0.2, 0.25) is 0 Å². The number of nitrogens with zero attached hydrogens (tertiary/aromatic N) is 2. The van der Waals surface area contributed by atoms with E-state index in [1.807, 2.05) is 0 Å². The fraction of sp³-hybridized carbons (Fsp3) is 0.111. The van der Waals surface area contributed by atoms with E-state index in [4.69, 9.17) is 10.4 Å². The Morgan fingerprint density at radius 2 is 2.20 bits per heavy atom. The Balaban J connectivity index is 3.54. The summed E-state index contributed by atoms with van der Waals surface area (Å²) < 4.78 is 0. The first-order valence-corrected chi connectivity index (χ1v) is 3.89. The molecule has 0 heterocycles. The Morgan fingerprint density at radius 3 is 2.60 bits per heavy atom. The molecule has 0 radical (unpaired) electrons. The summed E-state index contributed by atoms with van der Waals surface area (Å²) in [6.45, 7) is 1.41. The number of carboxylic acids is 1. The molecule has 1 rings (SSSR count). The molecule has 0 aliphatic heterocycles. The van der Waals surface area contributed by atoms with Crippen molar-refractivity contribution in [2.45, 2.75) is 6.92 Å². The maximum atomic E-state index is 10.6. The zero-order valence-corrected chi connectivity index (χ0v) is 7.72. The largest absolute Gasteiger partial charge is 0.478 e. The summed E-state index contributed by atoms with van der Waals surface area (Å²) in [5, 5.41) is 27.9. The highest BCUT2D eigenvalue weighted by Gasteiger charge is 2.18. The lowest BCUT2D eigenvalue weighted by molar-refractivity contribution is -0.385. The monoisotopic (exact) mass is 206 g/mol. The van der Waals surface area contributed by atoms with Crippen LogP contribution in [0.15, 0.2) is 12.1 Å². The van der Waals surface area contributed by atoms with E-state index in [9.17, 15) is 14.9 Å². The minimum absolute atomic E-state index is 0.00148. The lowest BCUT2D eigenvalue weighted by atomic mass is 10.0. The number of nitriles is 1. The van der Waals surface area contributed by atoms with Crippen LogP contribution in [0.25, 0.3) is 0 Å². The molecule has 0 atom stereocenters. The quantitative estimate of drug-likeness (QED) is 0.582. The van der Waals surface area contributed by atoms with Crippen LogP contribution in [0.3, 0.4) is 0 Å². The highest BCUT2D eigenvalue weighted by molar-refractivity contribution is 5.89. The topological polar surface area (TPSA) is 104 Å². The molecule has 0 aromatic heterocycles. The van der Waals surface area contributed by atoms with Gasteiger partial charge < -0.3 is 5.11 Å². The molecular weight excluding hydrogens is 200 g/mol. The van der Waals surface area contributed by atoms with Crippen molar-refractivity contribution in [3.05, 3.63) is 38.9 Å². The van der Waals surface area contributed by atoms with E-state index in [0.717, 1.165) is 12.1 Å². The molecule has 76 valence electrons. The predicted molar refractivity (Wildman–Crippen MR) is 49.5 cm³/mol. The zero-order valence-electron chi connectivity index (χ0n) is 7.72. The van der Waals surface area contributed by atoms with Gasteiger partial charge in [0.05, 0.1) is 22.1 Å². The highest BCUT2D eigenvalue weighted by Crippen LogP contribution is 2.23. The Labute approximate surface area is 84.5 Å². The molecule has 15 heavy (non-hydrogen) atoms. The van der Waals surface area contributed by atoms with Crippen LogP contribution in [0.5, 0.6) is 0 Å². The molecule has 0 aliphatic rings. The Hall–Kier alpha value is -2.42. The van der Waals surface area contributed by atoms with Crippen LogP contribution in [0.4, 0.5) is 5.69 Å². The molecule has 1 N–H and O–H groups in total. The number of hydrogen-bond acceptors (Lipinski definition) is 4. The first-order chi connectivity index (χ1) is 6.97. The maximum Gasteiger partial charge on any atom is 0.335 e. The number of carbonyl (C=O) groups is 1. The van der Waals surface area contributed by atoms with Crippen LogP contribution < -0.4 is 0 Å². The van der Waals surface area contributed by atoms with Crippen LogP contribution in [0, 0.1) is 28.4 Å². The standard InChI is InChI=1S/C9H6N2O4/c1-5-7(4-10)2-6(9(12)13)3-8(5)11(14)15/h2-3H,1H3,(H,12,13). The van der Waals surface area contributed by atoms with E-state index in [1.165, 1.54) is 6.92 Å². The van der Waals surface area contributed by atoms with Gasteiger partial charge in [-0.1, -0.05) is 0 Å². The second-order valence-electron chi connectivity index (χ2n) is 2.84. The molecule has 0 fully saturated rings. The molecule has 0 saturated heterocycles. The van der Waals surface area contributed by atoms with Crippen molar-refractivity contribution in [1.82, 2.24) is 0 Å². The minimum atomic E-state index is -1.30. The van der Waals surface area contributed by atoms with Gasteiger partial charge in [-0.2, -0.15) is 5.26 Å². The van der Waals surface area contributed by atoms with Gasteiger partial charge in [0.1, 0.15) is 0 Å². The molecular formula is C9H6N2O4. The van der Waals surface area contributed by atoms with E-state index in [2.05, 4.69) is 0 Å². The van der Waals surface area contributed by atoms with Gasteiger partial charge in [-0.15, -0.1) is 0 Å².